The van der Waals surface area contributed by atoms with Gasteiger partial charge >= 0.3 is 0 Å². The van der Waals surface area contributed by atoms with Crippen LogP contribution in [0.25, 0.3) is 0 Å². The second-order valence-corrected chi connectivity index (χ2v) is 4.12. The van der Waals surface area contributed by atoms with Gasteiger partial charge < -0.3 is 16.0 Å². The van der Waals surface area contributed by atoms with Gasteiger partial charge in [-0.3, -0.25) is 4.79 Å². The van der Waals surface area contributed by atoms with Crippen LogP contribution in [0, 0.1) is 17.9 Å². The van der Waals surface area contributed by atoms with Crippen molar-refractivity contribution < 1.29 is 9.18 Å². The summed E-state index contributed by atoms with van der Waals surface area (Å²) in [5.74, 6) is -1.28. The van der Waals surface area contributed by atoms with Gasteiger partial charge in [-0.05, 0) is 37.3 Å². The van der Waals surface area contributed by atoms with Gasteiger partial charge in [-0.2, -0.15) is 0 Å². The average Bonchev–Trinajstić information content (AvgIpc) is 2.42. The van der Waals surface area contributed by atoms with Crippen LogP contribution in [0.2, 0.25) is 0 Å². The molecule has 5 heteroatoms. The fourth-order valence-electron chi connectivity index (χ4n) is 1.60. The third kappa shape index (κ3) is 3.08. The summed E-state index contributed by atoms with van der Waals surface area (Å²) in [6.45, 7) is 1.93. The Hall–Kier alpha value is -2.40. The lowest BCUT2D eigenvalue weighted by Crippen LogP contribution is -2.14. The molecule has 0 aliphatic rings. The summed E-state index contributed by atoms with van der Waals surface area (Å²) in [5.41, 5.74) is 3.20. The standard InChI is InChI=1S/C14H12FN2O2/c1-9-2-4-10(5-3-9)16-14(18)12-8-11(17-19)6-7-13(12)15/h2-8,17H,1H3,(H,16,18)/q-1. The summed E-state index contributed by atoms with van der Waals surface area (Å²) in [6.07, 6.45) is 0. The van der Waals surface area contributed by atoms with E-state index in [0.29, 0.717) is 5.69 Å². The van der Waals surface area contributed by atoms with E-state index in [-0.39, 0.29) is 11.3 Å². The molecule has 1 amide bonds. The maximum Gasteiger partial charge on any atom is 0.258 e. The Balaban J connectivity index is 2.22. The Morgan fingerprint density at radius 2 is 1.74 bits per heavy atom. The van der Waals surface area contributed by atoms with E-state index in [2.05, 4.69) is 5.32 Å². The monoisotopic (exact) mass is 259 g/mol. The van der Waals surface area contributed by atoms with Crippen molar-refractivity contribution in [2.45, 2.75) is 6.92 Å². The Labute approximate surface area is 109 Å². The molecular formula is C14H12FN2O2-. The Kier molecular flexibility index (Phi) is 3.77. The van der Waals surface area contributed by atoms with Gasteiger partial charge in [-0.15, -0.1) is 0 Å². The lowest BCUT2D eigenvalue weighted by atomic mass is 10.1. The van der Waals surface area contributed by atoms with Crippen molar-refractivity contribution in [1.82, 2.24) is 0 Å². The van der Waals surface area contributed by atoms with Crippen LogP contribution in [0.15, 0.2) is 42.5 Å². The predicted octanol–water partition coefficient (Wildman–Crippen LogP) is 3.30. The van der Waals surface area contributed by atoms with Crippen molar-refractivity contribution in [2.24, 2.45) is 0 Å². The van der Waals surface area contributed by atoms with Gasteiger partial charge in [0, 0.05) is 11.4 Å². The maximum absolute atomic E-state index is 13.5. The van der Waals surface area contributed by atoms with Crippen molar-refractivity contribution in [1.29, 1.82) is 0 Å². The molecule has 0 radical (unpaired) electrons. The zero-order valence-corrected chi connectivity index (χ0v) is 10.2. The normalized spacial score (nSPS) is 10.1. The minimum atomic E-state index is -0.677. The van der Waals surface area contributed by atoms with E-state index in [1.54, 1.807) is 17.6 Å². The molecule has 2 rings (SSSR count). The van der Waals surface area contributed by atoms with Crippen LogP contribution in [-0.4, -0.2) is 5.91 Å². The number of carbonyl (C=O) groups excluding carboxylic acids is 1. The topological polar surface area (TPSA) is 64.2 Å². The van der Waals surface area contributed by atoms with E-state index in [1.165, 1.54) is 12.1 Å². The number of halogens is 1. The van der Waals surface area contributed by atoms with E-state index in [0.717, 1.165) is 11.6 Å². The molecule has 2 N–H and O–H groups in total. The van der Waals surface area contributed by atoms with Crippen LogP contribution >= 0.6 is 0 Å². The third-order valence-electron chi connectivity index (χ3n) is 2.64. The summed E-state index contributed by atoms with van der Waals surface area (Å²) < 4.78 is 13.5. The SMILES string of the molecule is Cc1ccc(NC(=O)c2cc(N[O-])ccc2F)cc1. The number of aryl methyl sites for hydroxylation is 1. The van der Waals surface area contributed by atoms with Gasteiger partial charge in [-0.25, -0.2) is 4.39 Å². The fourth-order valence-corrected chi connectivity index (χ4v) is 1.60. The number of benzene rings is 2. The molecular weight excluding hydrogens is 247 g/mol. The molecule has 0 spiro atoms. The first-order chi connectivity index (χ1) is 9.10. The predicted molar refractivity (Wildman–Crippen MR) is 72.5 cm³/mol. The van der Waals surface area contributed by atoms with Crippen LogP contribution in [0.3, 0.4) is 0 Å². The van der Waals surface area contributed by atoms with Crippen LogP contribution in [0.4, 0.5) is 15.8 Å². The van der Waals surface area contributed by atoms with Crippen molar-refractivity contribution in [2.75, 3.05) is 10.8 Å². The van der Waals surface area contributed by atoms with Gasteiger partial charge in [0.2, 0.25) is 0 Å². The quantitative estimate of drug-likeness (QED) is 0.831. The highest BCUT2D eigenvalue weighted by Gasteiger charge is 2.12. The first kappa shape index (κ1) is 13.0. The number of hydrogen-bond donors (Lipinski definition) is 2. The van der Waals surface area contributed by atoms with Crippen LogP contribution in [0.1, 0.15) is 15.9 Å². The summed E-state index contributed by atoms with van der Waals surface area (Å²) in [5, 5.41) is 13.1. The molecule has 0 unspecified atom stereocenters. The third-order valence-corrected chi connectivity index (χ3v) is 2.64. The van der Waals surface area contributed by atoms with Crippen LogP contribution < -0.4 is 10.8 Å². The summed E-state index contributed by atoms with van der Waals surface area (Å²) in [7, 11) is 0. The molecule has 0 aliphatic carbocycles. The second-order valence-electron chi connectivity index (χ2n) is 4.12. The van der Waals surface area contributed by atoms with Crippen molar-refractivity contribution in [3.63, 3.8) is 0 Å². The van der Waals surface area contributed by atoms with E-state index < -0.39 is 11.7 Å². The Morgan fingerprint density at radius 3 is 2.37 bits per heavy atom. The van der Waals surface area contributed by atoms with Crippen molar-refractivity contribution >= 4 is 17.3 Å². The summed E-state index contributed by atoms with van der Waals surface area (Å²) in [6, 6.07) is 10.6. The zero-order chi connectivity index (χ0) is 13.8. The summed E-state index contributed by atoms with van der Waals surface area (Å²) in [4.78, 5) is 11.9. The molecule has 0 aliphatic heterocycles. The number of hydrogen-bond acceptors (Lipinski definition) is 3. The minimum absolute atomic E-state index is 0.135. The highest BCUT2D eigenvalue weighted by Crippen LogP contribution is 2.17. The smallest absolute Gasteiger partial charge is 0.258 e. The molecule has 2 aromatic carbocycles. The molecule has 19 heavy (non-hydrogen) atoms. The minimum Gasteiger partial charge on any atom is -0.761 e. The molecule has 4 nitrogen and oxygen atoms in total. The molecule has 0 fully saturated rings. The second kappa shape index (κ2) is 5.49. The number of carbonyl (C=O) groups is 1. The molecule has 0 aromatic heterocycles. The first-order valence-electron chi connectivity index (χ1n) is 5.66. The lowest BCUT2D eigenvalue weighted by Gasteiger charge is -2.12. The van der Waals surface area contributed by atoms with Gasteiger partial charge in [0.1, 0.15) is 5.82 Å². The van der Waals surface area contributed by atoms with Crippen molar-refractivity contribution in [3.05, 3.63) is 64.6 Å². The van der Waals surface area contributed by atoms with Gasteiger partial charge in [0.05, 0.1) is 5.56 Å². The molecule has 0 bridgehead atoms. The number of rotatable bonds is 3. The van der Waals surface area contributed by atoms with Crippen molar-refractivity contribution in [3.8, 4) is 0 Å². The Bertz CT molecular complexity index is 597. The van der Waals surface area contributed by atoms with E-state index in [4.69, 9.17) is 0 Å². The van der Waals surface area contributed by atoms with Crippen LogP contribution in [0.5, 0.6) is 0 Å². The zero-order valence-electron chi connectivity index (χ0n) is 10.2. The number of anilines is 2. The molecule has 2 aromatic rings. The average molecular weight is 259 g/mol. The highest BCUT2D eigenvalue weighted by molar-refractivity contribution is 6.05. The largest absolute Gasteiger partial charge is 0.761 e. The number of nitrogens with one attached hydrogen (secondary N) is 2. The van der Waals surface area contributed by atoms with Crippen LogP contribution in [-0.2, 0) is 0 Å². The van der Waals surface area contributed by atoms with E-state index in [1.807, 2.05) is 19.1 Å². The van der Waals surface area contributed by atoms with E-state index in [9.17, 15) is 14.4 Å². The molecule has 0 saturated carbocycles. The molecule has 98 valence electrons. The number of amides is 1. The van der Waals surface area contributed by atoms with Gasteiger partial charge in [0.25, 0.3) is 5.91 Å². The van der Waals surface area contributed by atoms with Gasteiger partial charge in [-0.1, -0.05) is 17.7 Å². The molecule has 0 heterocycles. The maximum atomic E-state index is 13.5. The molecule has 0 atom stereocenters. The van der Waals surface area contributed by atoms with Gasteiger partial charge in [0.15, 0.2) is 0 Å². The molecule has 0 saturated heterocycles. The fraction of sp³-hybridized carbons (Fsp3) is 0.0714. The first-order valence-corrected chi connectivity index (χ1v) is 5.66. The highest BCUT2D eigenvalue weighted by atomic mass is 19.1. The Morgan fingerprint density at radius 1 is 1.11 bits per heavy atom. The van der Waals surface area contributed by atoms with E-state index >= 15 is 0 Å². The lowest BCUT2D eigenvalue weighted by molar-refractivity contribution is 0.102. The summed E-state index contributed by atoms with van der Waals surface area (Å²) >= 11 is 0.